The first-order valence-electron chi connectivity index (χ1n) is 7.79. The second kappa shape index (κ2) is 6.98. The summed E-state index contributed by atoms with van der Waals surface area (Å²) in [6.45, 7) is 8.71. The molecule has 0 radical (unpaired) electrons. The van der Waals surface area contributed by atoms with Crippen molar-refractivity contribution >= 4 is 5.69 Å². The van der Waals surface area contributed by atoms with Crippen molar-refractivity contribution in [3.05, 3.63) is 24.3 Å². The van der Waals surface area contributed by atoms with E-state index in [0.717, 1.165) is 25.3 Å². The van der Waals surface area contributed by atoms with Gasteiger partial charge in [-0.05, 0) is 44.9 Å². The molecule has 0 amide bonds. The third-order valence-corrected chi connectivity index (χ3v) is 4.27. The quantitative estimate of drug-likeness (QED) is 0.889. The monoisotopic (exact) mass is 276 g/mol. The lowest BCUT2D eigenvalue weighted by molar-refractivity contribution is 0.145. The number of piperidine rings is 1. The van der Waals surface area contributed by atoms with Gasteiger partial charge in [0.25, 0.3) is 0 Å². The Morgan fingerprint density at radius 1 is 1.35 bits per heavy atom. The van der Waals surface area contributed by atoms with E-state index in [0.29, 0.717) is 18.0 Å². The van der Waals surface area contributed by atoms with Gasteiger partial charge in [0, 0.05) is 30.4 Å². The van der Waals surface area contributed by atoms with Gasteiger partial charge in [0.15, 0.2) is 0 Å². The lowest BCUT2D eigenvalue weighted by Gasteiger charge is -2.40. The van der Waals surface area contributed by atoms with Crippen molar-refractivity contribution in [1.82, 2.24) is 4.90 Å². The van der Waals surface area contributed by atoms with E-state index < -0.39 is 0 Å². The molecule has 1 aromatic rings. The molecule has 0 aliphatic carbocycles. The lowest BCUT2D eigenvalue weighted by atomic mass is 9.89. The zero-order valence-corrected chi connectivity index (χ0v) is 13.2. The van der Waals surface area contributed by atoms with Crippen LogP contribution in [0.1, 0.15) is 33.6 Å². The van der Waals surface area contributed by atoms with Crippen LogP contribution in [-0.4, -0.2) is 37.2 Å². The second-order valence-electron chi connectivity index (χ2n) is 6.13. The molecule has 0 aromatic heterocycles. The van der Waals surface area contributed by atoms with E-state index >= 15 is 0 Å². The van der Waals surface area contributed by atoms with Crippen molar-refractivity contribution in [3.8, 4) is 5.75 Å². The molecule has 1 aromatic carbocycles. The van der Waals surface area contributed by atoms with Crippen LogP contribution in [0.5, 0.6) is 5.75 Å². The maximum Gasteiger partial charge on any atom is 0.121 e. The fraction of sp³-hybridized carbons (Fsp3) is 0.647. The molecule has 112 valence electrons. The van der Waals surface area contributed by atoms with Gasteiger partial charge in [0.2, 0.25) is 0 Å². The van der Waals surface area contributed by atoms with E-state index in [1.54, 1.807) is 0 Å². The van der Waals surface area contributed by atoms with E-state index in [2.05, 4.69) is 56.2 Å². The largest absolute Gasteiger partial charge is 0.494 e. The van der Waals surface area contributed by atoms with Gasteiger partial charge in [0.05, 0.1) is 6.61 Å². The maximum absolute atomic E-state index is 5.70. The molecule has 1 aliphatic heterocycles. The summed E-state index contributed by atoms with van der Waals surface area (Å²) in [6.07, 6.45) is 2.23. The molecule has 1 N–H and O–H groups in total. The van der Waals surface area contributed by atoms with Crippen LogP contribution in [0.25, 0.3) is 0 Å². The van der Waals surface area contributed by atoms with Gasteiger partial charge in [-0.25, -0.2) is 0 Å². The average Bonchev–Trinajstić information content (AvgIpc) is 2.43. The molecule has 3 nitrogen and oxygen atoms in total. The highest BCUT2D eigenvalue weighted by molar-refractivity contribution is 5.49. The van der Waals surface area contributed by atoms with Crippen molar-refractivity contribution in [1.29, 1.82) is 0 Å². The molecule has 20 heavy (non-hydrogen) atoms. The Morgan fingerprint density at radius 3 is 2.90 bits per heavy atom. The highest BCUT2D eigenvalue weighted by atomic mass is 16.5. The minimum Gasteiger partial charge on any atom is -0.494 e. The average molecular weight is 276 g/mol. The first-order valence-corrected chi connectivity index (χ1v) is 7.79. The standard InChI is InChI=1S/C17H28N2O/c1-5-9-20-16-8-6-7-15(11-16)18-17-10-14(3)19(4)12-13(17)2/h6-8,11,13-14,17-18H,5,9-10,12H2,1-4H3. The maximum atomic E-state index is 5.70. The number of hydrogen-bond donors (Lipinski definition) is 1. The third kappa shape index (κ3) is 3.89. The molecule has 1 aliphatic rings. The first kappa shape index (κ1) is 15.2. The summed E-state index contributed by atoms with van der Waals surface area (Å²) in [4.78, 5) is 2.45. The summed E-state index contributed by atoms with van der Waals surface area (Å²) in [5, 5.41) is 3.69. The van der Waals surface area contributed by atoms with Crippen molar-refractivity contribution < 1.29 is 4.74 Å². The van der Waals surface area contributed by atoms with Crippen LogP contribution in [0.3, 0.4) is 0 Å². The van der Waals surface area contributed by atoms with Crippen molar-refractivity contribution in [3.63, 3.8) is 0 Å². The lowest BCUT2D eigenvalue weighted by Crippen LogP contribution is -2.48. The molecule has 3 atom stereocenters. The van der Waals surface area contributed by atoms with Crippen molar-refractivity contribution in [2.24, 2.45) is 5.92 Å². The molecule has 1 heterocycles. The molecule has 3 heteroatoms. The number of rotatable bonds is 5. The summed E-state index contributed by atoms with van der Waals surface area (Å²) >= 11 is 0. The molecule has 0 spiro atoms. The van der Waals surface area contributed by atoms with Gasteiger partial charge in [0.1, 0.15) is 5.75 Å². The van der Waals surface area contributed by atoms with Crippen molar-refractivity contribution in [2.75, 3.05) is 25.5 Å². The smallest absolute Gasteiger partial charge is 0.121 e. The van der Waals surface area contributed by atoms with E-state index in [-0.39, 0.29) is 0 Å². The molecule has 1 saturated heterocycles. The topological polar surface area (TPSA) is 24.5 Å². The molecule has 2 rings (SSSR count). The third-order valence-electron chi connectivity index (χ3n) is 4.27. The summed E-state index contributed by atoms with van der Waals surface area (Å²) in [7, 11) is 2.22. The Balaban J connectivity index is 1.98. The first-order chi connectivity index (χ1) is 9.60. The second-order valence-corrected chi connectivity index (χ2v) is 6.13. The summed E-state index contributed by atoms with van der Waals surface area (Å²) < 4.78 is 5.70. The molecular formula is C17H28N2O. The van der Waals surface area contributed by atoms with Gasteiger partial charge in [-0.3, -0.25) is 0 Å². The molecule has 3 unspecified atom stereocenters. The predicted molar refractivity (Wildman–Crippen MR) is 85.5 cm³/mol. The van der Waals surface area contributed by atoms with Crippen LogP contribution in [0.2, 0.25) is 0 Å². The van der Waals surface area contributed by atoms with Crippen molar-refractivity contribution in [2.45, 2.75) is 45.7 Å². The number of ether oxygens (including phenoxy) is 1. The number of benzene rings is 1. The van der Waals surface area contributed by atoms with E-state index in [1.165, 1.54) is 12.1 Å². The Bertz CT molecular complexity index is 421. The predicted octanol–water partition coefficient (Wildman–Crippen LogP) is 3.62. The fourth-order valence-corrected chi connectivity index (χ4v) is 2.85. The summed E-state index contributed by atoms with van der Waals surface area (Å²) in [6, 6.07) is 9.53. The SMILES string of the molecule is CCCOc1cccc(NC2CC(C)N(C)CC2C)c1. The number of anilines is 1. The number of nitrogens with zero attached hydrogens (tertiary/aromatic N) is 1. The van der Waals surface area contributed by atoms with Crippen LogP contribution < -0.4 is 10.1 Å². The van der Waals surface area contributed by atoms with E-state index in [9.17, 15) is 0 Å². The minimum absolute atomic E-state index is 0.544. The van der Waals surface area contributed by atoms with Gasteiger partial charge >= 0.3 is 0 Å². The van der Waals surface area contributed by atoms with Crippen LogP contribution in [0.15, 0.2) is 24.3 Å². The van der Waals surface area contributed by atoms with Crippen LogP contribution >= 0.6 is 0 Å². The Labute approximate surface area is 123 Å². The zero-order valence-electron chi connectivity index (χ0n) is 13.2. The molecule has 0 saturated carbocycles. The summed E-state index contributed by atoms with van der Waals surface area (Å²) in [5.41, 5.74) is 1.17. The highest BCUT2D eigenvalue weighted by Gasteiger charge is 2.28. The Hall–Kier alpha value is -1.22. The normalized spacial score (nSPS) is 27.3. The summed E-state index contributed by atoms with van der Waals surface area (Å²) in [5.74, 6) is 1.63. The fourth-order valence-electron chi connectivity index (χ4n) is 2.85. The van der Waals surface area contributed by atoms with Crippen LogP contribution in [0, 0.1) is 5.92 Å². The van der Waals surface area contributed by atoms with Gasteiger partial charge < -0.3 is 15.0 Å². The molecule has 1 fully saturated rings. The number of nitrogens with one attached hydrogen (secondary N) is 1. The van der Waals surface area contributed by atoms with Crippen LogP contribution in [-0.2, 0) is 0 Å². The van der Waals surface area contributed by atoms with Gasteiger partial charge in [-0.1, -0.05) is 19.9 Å². The van der Waals surface area contributed by atoms with E-state index in [4.69, 9.17) is 4.74 Å². The number of hydrogen-bond acceptors (Lipinski definition) is 3. The highest BCUT2D eigenvalue weighted by Crippen LogP contribution is 2.26. The Morgan fingerprint density at radius 2 is 2.15 bits per heavy atom. The minimum atomic E-state index is 0.544. The number of likely N-dealkylation sites (tertiary alicyclic amines) is 1. The Kier molecular flexibility index (Phi) is 5.30. The molecular weight excluding hydrogens is 248 g/mol. The van der Waals surface area contributed by atoms with E-state index in [1.807, 2.05) is 6.07 Å². The van der Waals surface area contributed by atoms with Gasteiger partial charge in [-0.2, -0.15) is 0 Å². The zero-order chi connectivity index (χ0) is 14.5. The molecule has 0 bridgehead atoms. The van der Waals surface area contributed by atoms with Gasteiger partial charge in [-0.15, -0.1) is 0 Å². The van der Waals surface area contributed by atoms with Crippen LogP contribution in [0.4, 0.5) is 5.69 Å².